The molecule has 1 unspecified atom stereocenters. The summed E-state index contributed by atoms with van der Waals surface area (Å²) in [6, 6.07) is 8.44. The highest BCUT2D eigenvalue weighted by Gasteiger charge is 2.35. The van der Waals surface area contributed by atoms with E-state index in [4.69, 9.17) is 5.73 Å². The highest BCUT2D eigenvalue weighted by molar-refractivity contribution is 9.10. The van der Waals surface area contributed by atoms with E-state index in [1.807, 2.05) is 11.8 Å². The van der Waals surface area contributed by atoms with Crippen molar-refractivity contribution in [2.75, 3.05) is 25.1 Å². The molecule has 1 saturated heterocycles. The van der Waals surface area contributed by atoms with E-state index in [2.05, 4.69) is 52.1 Å². The fraction of sp³-hybridized carbons (Fsp3) is 0.571. The van der Waals surface area contributed by atoms with Crippen LogP contribution in [0.15, 0.2) is 28.7 Å². The van der Waals surface area contributed by atoms with Crippen LogP contribution in [0.1, 0.15) is 18.4 Å². The summed E-state index contributed by atoms with van der Waals surface area (Å²) in [6.45, 7) is 1.71. The third kappa shape index (κ3) is 3.10. The lowest BCUT2D eigenvalue weighted by atomic mass is 9.93. The van der Waals surface area contributed by atoms with Crippen molar-refractivity contribution < 1.29 is 0 Å². The van der Waals surface area contributed by atoms with Crippen LogP contribution in [0.4, 0.5) is 0 Å². The number of halogens is 1. The van der Waals surface area contributed by atoms with Gasteiger partial charge < -0.3 is 5.73 Å². The normalized spacial score (nSPS) is 24.4. The Balaban J connectivity index is 2.10. The van der Waals surface area contributed by atoms with E-state index in [1.165, 1.54) is 28.6 Å². The van der Waals surface area contributed by atoms with Crippen molar-refractivity contribution in [3.8, 4) is 0 Å². The molecule has 1 atom stereocenters. The zero-order valence-electron chi connectivity index (χ0n) is 10.9. The molecule has 100 valence electrons. The summed E-state index contributed by atoms with van der Waals surface area (Å²) < 4.78 is 1.19. The minimum Gasteiger partial charge on any atom is -0.329 e. The largest absolute Gasteiger partial charge is 0.329 e. The monoisotopic (exact) mass is 328 g/mol. The highest BCUT2D eigenvalue weighted by atomic mass is 79.9. The predicted octanol–water partition coefficient (Wildman–Crippen LogP) is 3.11. The summed E-state index contributed by atoms with van der Waals surface area (Å²) in [5.41, 5.74) is 7.58. The van der Waals surface area contributed by atoms with Gasteiger partial charge in [-0.15, -0.1) is 0 Å². The molecular formula is C14H21BrN2S. The van der Waals surface area contributed by atoms with Crippen molar-refractivity contribution >= 4 is 27.7 Å². The Labute approximate surface area is 122 Å². The Hall–Kier alpha value is -0.0300. The first-order chi connectivity index (χ1) is 8.68. The zero-order chi connectivity index (χ0) is 13.0. The Kier molecular flexibility index (Phi) is 5.13. The number of hydrogen-bond acceptors (Lipinski definition) is 3. The Morgan fingerprint density at radius 3 is 2.83 bits per heavy atom. The molecular weight excluding hydrogens is 308 g/mol. The SMILES string of the molecule is CN(Cc1ccccc1Br)C1(CN)CCCSC1. The fourth-order valence-corrected chi connectivity index (χ4v) is 4.27. The minimum atomic E-state index is 0.179. The predicted molar refractivity (Wildman–Crippen MR) is 84.0 cm³/mol. The lowest BCUT2D eigenvalue weighted by Crippen LogP contribution is -2.55. The van der Waals surface area contributed by atoms with Gasteiger partial charge in [-0.3, -0.25) is 4.90 Å². The first-order valence-corrected chi connectivity index (χ1v) is 8.35. The fourth-order valence-electron chi connectivity index (χ4n) is 2.51. The van der Waals surface area contributed by atoms with Gasteiger partial charge in [0.2, 0.25) is 0 Å². The van der Waals surface area contributed by atoms with Crippen molar-refractivity contribution in [2.24, 2.45) is 5.73 Å². The molecule has 1 aliphatic rings. The van der Waals surface area contributed by atoms with Crippen molar-refractivity contribution in [1.82, 2.24) is 4.90 Å². The molecule has 0 spiro atoms. The molecule has 1 aromatic rings. The van der Waals surface area contributed by atoms with Gasteiger partial charge in [0.05, 0.1) is 0 Å². The van der Waals surface area contributed by atoms with Crippen LogP contribution in [0, 0.1) is 0 Å². The third-order valence-electron chi connectivity index (χ3n) is 3.86. The molecule has 4 heteroatoms. The maximum absolute atomic E-state index is 6.06. The number of hydrogen-bond donors (Lipinski definition) is 1. The molecule has 18 heavy (non-hydrogen) atoms. The number of likely N-dealkylation sites (N-methyl/N-ethyl adjacent to an activating group) is 1. The number of nitrogens with zero attached hydrogens (tertiary/aromatic N) is 1. The van der Waals surface area contributed by atoms with Gasteiger partial charge in [-0.1, -0.05) is 34.1 Å². The molecule has 0 radical (unpaired) electrons. The van der Waals surface area contributed by atoms with E-state index in [0.29, 0.717) is 0 Å². The molecule has 1 aromatic carbocycles. The van der Waals surface area contributed by atoms with Gasteiger partial charge in [0.25, 0.3) is 0 Å². The standard InChI is InChI=1S/C14H21BrN2S/c1-17(9-12-5-2-3-6-13(12)15)14(10-16)7-4-8-18-11-14/h2-3,5-6H,4,7-11,16H2,1H3. The molecule has 0 aliphatic carbocycles. The summed E-state index contributed by atoms with van der Waals surface area (Å²) in [5.74, 6) is 2.44. The lowest BCUT2D eigenvalue weighted by molar-refractivity contribution is 0.127. The van der Waals surface area contributed by atoms with Crippen molar-refractivity contribution in [1.29, 1.82) is 0 Å². The van der Waals surface area contributed by atoms with Crippen LogP contribution in [0.5, 0.6) is 0 Å². The van der Waals surface area contributed by atoms with Crippen LogP contribution >= 0.6 is 27.7 Å². The van der Waals surface area contributed by atoms with Gasteiger partial charge >= 0.3 is 0 Å². The van der Waals surface area contributed by atoms with Crippen LogP contribution in [0.2, 0.25) is 0 Å². The molecule has 1 aliphatic heterocycles. The van der Waals surface area contributed by atoms with Gasteiger partial charge in [0.1, 0.15) is 0 Å². The summed E-state index contributed by atoms with van der Waals surface area (Å²) in [7, 11) is 2.21. The summed E-state index contributed by atoms with van der Waals surface area (Å²) in [6.07, 6.45) is 2.50. The Bertz CT molecular complexity index is 391. The third-order valence-corrected chi connectivity index (χ3v) is 5.95. The topological polar surface area (TPSA) is 29.3 Å². The maximum atomic E-state index is 6.06. The van der Waals surface area contributed by atoms with Crippen LogP contribution in [-0.2, 0) is 6.54 Å². The molecule has 0 saturated carbocycles. The number of benzene rings is 1. The average Bonchev–Trinajstić information content (AvgIpc) is 2.42. The van der Waals surface area contributed by atoms with E-state index in [1.54, 1.807) is 0 Å². The van der Waals surface area contributed by atoms with Gasteiger partial charge in [0.15, 0.2) is 0 Å². The molecule has 1 fully saturated rings. The maximum Gasteiger partial charge on any atom is 0.0422 e. The zero-order valence-corrected chi connectivity index (χ0v) is 13.3. The average molecular weight is 329 g/mol. The van der Waals surface area contributed by atoms with E-state index in [0.717, 1.165) is 18.8 Å². The first-order valence-electron chi connectivity index (χ1n) is 6.40. The Morgan fingerprint density at radius 1 is 1.44 bits per heavy atom. The summed E-state index contributed by atoms with van der Waals surface area (Å²) in [5, 5.41) is 0. The van der Waals surface area contributed by atoms with Crippen molar-refractivity contribution in [3.63, 3.8) is 0 Å². The quantitative estimate of drug-likeness (QED) is 0.920. The molecule has 2 rings (SSSR count). The highest BCUT2D eigenvalue weighted by Crippen LogP contribution is 2.32. The van der Waals surface area contributed by atoms with E-state index < -0.39 is 0 Å². The Morgan fingerprint density at radius 2 is 2.22 bits per heavy atom. The van der Waals surface area contributed by atoms with Crippen LogP contribution in [0.25, 0.3) is 0 Å². The van der Waals surface area contributed by atoms with Crippen molar-refractivity contribution in [2.45, 2.75) is 24.9 Å². The van der Waals surface area contributed by atoms with E-state index in [-0.39, 0.29) is 5.54 Å². The summed E-state index contributed by atoms with van der Waals surface area (Å²) >= 11 is 5.66. The van der Waals surface area contributed by atoms with Crippen molar-refractivity contribution in [3.05, 3.63) is 34.3 Å². The van der Waals surface area contributed by atoms with E-state index in [9.17, 15) is 0 Å². The molecule has 0 amide bonds. The van der Waals surface area contributed by atoms with Gasteiger partial charge in [0, 0.05) is 28.9 Å². The van der Waals surface area contributed by atoms with Gasteiger partial charge in [-0.05, 0) is 37.3 Å². The minimum absolute atomic E-state index is 0.179. The number of rotatable bonds is 4. The second kappa shape index (κ2) is 6.42. The first kappa shape index (κ1) is 14.4. The summed E-state index contributed by atoms with van der Waals surface area (Å²) in [4.78, 5) is 2.44. The second-order valence-electron chi connectivity index (χ2n) is 5.03. The number of thioether (sulfide) groups is 1. The lowest BCUT2D eigenvalue weighted by Gasteiger charge is -2.43. The van der Waals surface area contributed by atoms with Gasteiger partial charge in [-0.2, -0.15) is 11.8 Å². The van der Waals surface area contributed by atoms with Crippen LogP contribution < -0.4 is 5.73 Å². The number of nitrogens with two attached hydrogens (primary N) is 1. The van der Waals surface area contributed by atoms with Crippen LogP contribution in [-0.4, -0.2) is 35.5 Å². The molecule has 0 bridgehead atoms. The molecule has 0 aromatic heterocycles. The molecule has 2 N–H and O–H groups in total. The molecule has 2 nitrogen and oxygen atoms in total. The smallest absolute Gasteiger partial charge is 0.0422 e. The van der Waals surface area contributed by atoms with Crippen LogP contribution in [0.3, 0.4) is 0 Å². The molecule has 1 heterocycles. The van der Waals surface area contributed by atoms with Gasteiger partial charge in [-0.25, -0.2) is 0 Å². The second-order valence-corrected chi connectivity index (χ2v) is 6.99. The van der Waals surface area contributed by atoms with E-state index >= 15 is 0 Å².